The van der Waals surface area contributed by atoms with Gasteiger partial charge in [0, 0.05) is 6.04 Å². The third-order valence-electron chi connectivity index (χ3n) is 3.15. The van der Waals surface area contributed by atoms with Crippen LogP contribution in [0, 0.1) is 0 Å². The zero-order chi connectivity index (χ0) is 9.52. The molecule has 0 aromatic carbocycles. The molecule has 1 fully saturated rings. The van der Waals surface area contributed by atoms with Crippen molar-refractivity contribution < 1.29 is 0 Å². The van der Waals surface area contributed by atoms with E-state index < -0.39 is 0 Å². The van der Waals surface area contributed by atoms with E-state index in [0.29, 0.717) is 0 Å². The Morgan fingerprint density at radius 2 is 1.92 bits per heavy atom. The van der Waals surface area contributed by atoms with Gasteiger partial charge >= 0.3 is 0 Å². The fourth-order valence-corrected chi connectivity index (χ4v) is 2.33. The summed E-state index contributed by atoms with van der Waals surface area (Å²) in [4.78, 5) is 2.64. The molecule has 1 aliphatic carbocycles. The highest BCUT2D eigenvalue weighted by molar-refractivity contribution is 4.76. The first-order valence-corrected chi connectivity index (χ1v) is 5.82. The van der Waals surface area contributed by atoms with Gasteiger partial charge in [0.2, 0.25) is 0 Å². The van der Waals surface area contributed by atoms with Crippen molar-refractivity contribution in [2.45, 2.75) is 51.5 Å². The van der Waals surface area contributed by atoms with E-state index in [4.69, 9.17) is 5.73 Å². The van der Waals surface area contributed by atoms with Crippen LogP contribution in [0.4, 0.5) is 0 Å². The van der Waals surface area contributed by atoms with Crippen LogP contribution in [0.2, 0.25) is 0 Å². The Morgan fingerprint density at radius 1 is 1.23 bits per heavy atom. The molecule has 1 saturated carbocycles. The number of rotatable bonds is 6. The molecule has 0 bridgehead atoms. The molecule has 2 N–H and O–H groups in total. The van der Waals surface area contributed by atoms with Gasteiger partial charge < -0.3 is 10.6 Å². The van der Waals surface area contributed by atoms with Crippen LogP contribution in [0.15, 0.2) is 0 Å². The van der Waals surface area contributed by atoms with Gasteiger partial charge in [0.25, 0.3) is 0 Å². The number of hydrogen-bond donors (Lipinski definition) is 1. The summed E-state index contributed by atoms with van der Waals surface area (Å²) in [5, 5.41) is 0. The maximum absolute atomic E-state index is 5.49. The number of unbranched alkanes of at least 4 members (excludes halogenated alkanes) is 1. The van der Waals surface area contributed by atoms with E-state index in [1.165, 1.54) is 51.6 Å². The quantitative estimate of drug-likeness (QED) is 0.640. The molecule has 13 heavy (non-hydrogen) atoms. The fraction of sp³-hybridized carbons (Fsp3) is 1.00. The summed E-state index contributed by atoms with van der Waals surface area (Å²) in [6.07, 6.45) is 8.20. The zero-order valence-electron chi connectivity index (χ0n) is 8.97. The second-order valence-electron chi connectivity index (χ2n) is 4.06. The highest BCUT2D eigenvalue weighted by atomic mass is 15.1. The van der Waals surface area contributed by atoms with E-state index in [1.54, 1.807) is 0 Å². The molecule has 78 valence electrons. The summed E-state index contributed by atoms with van der Waals surface area (Å²) < 4.78 is 0. The highest BCUT2D eigenvalue weighted by Gasteiger charge is 2.20. The average molecular weight is 184 g/mol. The molecule has 0 saturated heterocycles. The molecule has 2 heteroatoms. The molecule has 0 radical (unpaired) electrons. The van der Waals surface area contributed by atoms with Crippen LogP contribution in [0.5, 0.6) is 0 Å². The van der Waals surface area contributed by atoms with E-state index in [1.807, 2.05) is 0 Å². The summed E-state index contributed by atoms with van der Waals surface area (Å²) >= 11 is 0. The van der Waals surface area contributed by atoms with Crippen molar-refractivity contribution in [3.05, 3.63) is 0 Å². The summed E-state index contributed by atoms with van der Waals surface area (Å²) in [7, 11) is 0. The average Bonchev–Trinajstić information content (AvgIpc) is 2.65. The molecular formula is C11H24N2. The topological polar surface area (TPSA) is 29.3 Å². The second-order valence-corrected chi connectivity index (χ2v) is 4.06. The van der Waals surface area contributed by atoms with Crippen molar-refractivity contribution in [2.75, 3.05) is 19.6 Å². The first-order valence-electron chi connectivity index (χ1n) is 5.82. The zero-order valence-corrected chi connectivity index (χ0v) is 8.97. The first kappa shape index (κ1) is 11.0. The Kier molecular flexibility index (Phi) is 5.40. The molecule has 0 spiro atoms. The SMILES string of the molecule is CCN(CCCCN)C1CCCC1. The Bertz CT molecular complexity index is 119. The molecular weight excluding hydrogens is 160 g/mol. The van der Waals surface area contributed by atoms with Crippen LogP contribution in [0.25, 0.3) is 0 Å². The lowest BCUT2D eigenvalue weighted by Gasteiger charge is -2.27. The number of nitrogens with zero attached hydrogens (tertiary/aromatic N) is 1. The van der Waals surface area contributed by atoms with E-state index in [2.05, 4.69) is 11.8 Å². The van der Waals surface area contributed by atoms with Gasteiger partial charge in [-0.3, -0.25) is 0 Å². The third-order valence-corrected chi connectivity index (χ3v) is 3.15. The molecule has 0 unspecified atom stereocenters. The van der Waals surface area contributed by atoms with E-state index >= 15 is 0 Å². The summed E-state index contributed by atoms with van der Waals surface area (Å²) in [6.45, 7) is 5.61. The van der Waals surface area contributed by atoms with E-state index in [9.17, 15) is 0 Å². The van der Waals surface area contributed by atoms with Crippen molar-refractivity contribution >= 4 is 0 Å². The van der Waals surface area contributed by atoms with Crippen molar-refractivity contribution in [3.8, 4) is 0 Å². The highest BCUT2D eigenvalue weighted by Crippen LogP contribution is 2.23. The maximum Gasteiger partial charge on any atom is 0.00951 e. The second kappa shape index (κ2) is 6.39. The third kappa shape index (κ3) is 3.65. The lowest BCUT2D eigenvalue weighted by atomic mass is 10.2. The van der Waals surface area contributed by atoms with Crippen LogP contribution in [-0.4, -0.2) is 30.6 Å². The van der Waals surface area contributed by atoms with Crippen LogP contribution in [0.1, 0.15) is 45.4 Å². The van der Waals surface area contributed by atoms with Crippen LogP contribution in [-0.2, 0) is 0 Å². The molecule has 1 aliphatic rings. The van der Waals surface area contributed by atoms with Gasteiger partial charge in [-0.1, -0.05) is 19.8 Å². The van der Waals surface area contributed by atoms with Crippen LogP contribution < -0.4 is 5.73 Å². The van der Waals surface area contributed by atoms with Gasteiger partial charge in [0.05, 0.1) is 0 Å². The van der Waals surface area contributed by atoms with Gasteiger partial charge in [-0.05, 0) is 45.3 Å². The minimum Gasteiger partial charge on any atom is -0.330 e. The van der Waals surface area contributed by atoms with Crippen molar-refractivity contribution in [1.29, 1.82) is 0 Å². The van der Waals surface area contributed by atoms with Gasteiger partial charge in [-0.15, -0.1) is 0 Å². The molecule has 2 nitrogen and oxygen atoms in total. The maximum atomic E-state index is 5.49. The normalized spacial score (nSPS) is 18.7. The van der Waals surface area contributed by atoms with Crippen molar-refractivity contribution in [1.82, 2.24) is 4.90 Å². The lowest BCUT2D eigenvalue weighted by molar-refractivity contribution is 0.205. The monoisotopic (exact) mass is 184 g/mol. The minimum absolute atomic E-state index is 0.849. The molecule has 1 rings (SSSR count). The van der Waals surface area contributed by atoms with Gasteiger partial charge in [-0.2, -0.15) is 0 Å². The van der Waals surface area contributed by atoms with Crippen molar-refractivity contribution in [2.24, 2.45) is 5.73 Å². The Morgan fingerprint density at radius 3 is 2.46 bits per heavy atom. The molecule has 0 atom stereocenters. The Labute approximate surface area is 82.5 Å². The number of nitrogens with two attached hydrogens (primary N) is 1. The van der Waals surface area contributed by atoms with Gasteiger partial charge in [0.1, 0.15) is 0 Å². The summed E-state index contributed by atoms with van der Waals surface area (Å²) in [5.74, 6) is 0. The lowest BCUT2D eigenvalue weighted by Crippen LogP contribution is -2.34. The van der Waals surface area contributed by atoms with Crippen LogP contribution in [0.3, 0.4) is 0 Å². The first-order chi connectivity index (χ1) is 6.38. The minimum atomic E-state index is 0.849. The summed E-state index contributed by atoms with van der Waals surface area (Å²) in [6, 6.07) is 0.891. The fourth-order valence-electron chi connectivity index (χ4n) is 2.33. The van der Waals surface area contributed by atoms with Crippen LogP contribution >= 0.6 is 0 Å². The largest absolute Gasteiger partial charge is 0.330 e. The predicted molar refractivity (Wildman–Crippen MR) is 57.8 cm³/mol. The van der Waals surface area contributed by atoms with Crippen molar-refractivity contribution in [3.63, 3.8) is 0 Å². The number of hydrogen-bond acceptors (Lipinski definition) is 2. The van der Waals surface area contributed by atoms with Gasteiger partial charge in [-0.25, -0.2) is 0 Å². The van der Waals surface area contributed by atoms with E-state index in [0.717, 1.165) is 12.6 Å². The molecule has 0 aromatic heterocycles. The molecule has 0 amide bonds. The summed E-state index contributed by atoms with van der Waals surface area (Å²) in [5.41, 5.74) is 5.49. The standard InChI is InChI=1S/C11H24N2/c1-2-13(10-6-5-9-12)11-7-3-4-8-11/h11H,2-10,12H2,1H3. The van der Waals surface area contributed by atoms with E-state index in [-0.39, 0.29) is 0 Å². The molecule has 0 heterocycles. The Balaban J connectivity index is 2.16. The molecule has 0 aliphatic heterocycles. The smallest absolute Gasteiger partial charge is 0.00951 e. The predicted octanol–water partition coefficient (Wildman–Crippen LogP) is 1.99. The Hall–Kier alpha value is -0.0800. The van der Waals surface area contributed by atoms with Gasteiger partial charge in [0.15, 0.2) is 0 Å². The molecule has 0 aromatic rings.